The predicted molar refractivity (Wildman–Crippen MR) is 121 cm³/mol. The smallest absolute Gasteiger partial charge is 0.251 e. The molecule has 144 valence electrons. The van der Waals surface area contributed by atoms with E-state index in [0.717, 1.165) is 27.3 Å². The summed E-state index contributed by atoms with van der Waals surface area (Å²) < 4.78 is 0. The van der Waals surface area contributed by atoms with E-state index in [0.29, 0.717) is 22.2 Å². The summed E-state index contributed by atoms with van der Waals surface area (Å²) in [5, 5.41) is 6.01. The highest BCUT2D eigenvalue weighted by molar-refractivity contribution is 7.13. The Morgan fingerprint density at radius 1 is 0.931 bits per heavy atom. The second-order valence-corrected chi connectivity index (χ2v) is 8.18. The highest BCUT2D eigenvalue weighted by Crippen LogP contribution is 2.28. The van der Waals surface area contributed by atoms with Crippen LogP contribution in [0.15, 0.2) is 78.3 Å². The zero-order valence-corrected chi connectivity index (χ0v) is 17.6. The number of thiophene rings is 1. The molecule has 0 spiro atoms. The third kappa shape index (κ3) is 4.67. The minimum atomic E-state index is -0.125. The van der Waals surface area contributed by atoms with Crippen LogP contribution in [0.1, 0.15) is 15.9 Å². The van der Waals surface area contributed by atoms with E-state index in [1.807, 2.05) is 53.9 Å². The van der Waals surface area contributed by atoms with Crippen LogP contribution in [0.3, 0.4) is 0 Å². The molecule has 0 saturated heterocycles. The molecule has 2 aromatic heterocycles. The van der Waals surface area contributed by atoms with Gasteiger partial charge in [-0.1, -0.05) is 47.5 Å². The van der Waals surface area contributed by atoms with Gasteiger partial charge >= 0.3 is 0 Å². The number of carbonyl (C=O) groups is 1. The number of nitrogens with one attached hydrogen (secondary N) is 1. The van der Waals surface area contributed by atoms with Gasteiger partial charge in [-0.25, -0.2) is 0 Å². The number of hydrogen-bond acceptors (Lipinski definition) is 3. The number of pyridine rings is 1. The van der Waals surface area contributed by atoms with Gasteiger partial charge < -0.3 is 5.32 Å². The summed E-state index contributed by atoms with van der Waals surface area (Å²) in [6.45, 7) is 0.439. The van der Waals surface area contributed by atoms with Gasteiger partial charge in [0.25, 0.3) is 5.91 Å². The Morgan fingerprint density at radius 2 is 1.72 bits per heavy atom. The van der Waals surface area contributed by atoms with Gasteiger partial charge in [-0.15, -0.1) is 11.3 Å². The average Bonchev–Trinajstić information content (AvgIpc) is 3.29. The van der Waals surface area contributed by atoms with Crippen molar-refractivity contribution >= 4 is 40.4 Å². The van der Waals surface area contributed by atoms with Crippen molar-refractivity contribution in [1.82, 2.24) is 10.3 Å². The number of aromatic nitrogens is 1. The minimum absolute atomic E-state index is 0.125. The summed E-state index contributed by atoms with van der Waals surface area (Å²) in [5.41, 5.74) is 4.43. The number of halogens is 2. The number of benzene rings is 2. The molecule has 2 heterocycles. The molecule has 29 heavy (non-hydrogen) atoms. The summed E-state index contributed by atoms with van der Waals surface area (Å²) in [4.78, 5) is 18.0. The standard InChI is InChI=1S/C23H16Cl2N2OS/c24-19-8-7-18(13-20(19)25)16-3-5-17(6-4-16)23(28)27-14-15-9-10-26-21(12-15)22-2-1-11-29-22/h1-13H,14H2,(H,27,28). The average molecular weight is 439 g/mol. The Morgan fingerprint density at radius 3 is 2.45 bits per heavy atom. The Bertz CT molecular complexity index is 1140. The third-order valence-corrected chi connectivity index (χ3v) is 6.08. The second kappa shape index (κ2) is 8.78. The van der Waals surface area contributed by atoms with Gasteiger partial charge in [0, 0.05) is 18.3 Å². The predicted octanol–water partition coefficient (Wildman–Crippen LogP) is 6.71. The fourth-order valence-corrected chi connectivity index (χ4v) is 3.91. The summed E-state index contributed by atoms with van der Waals surface area (Å²) >= 11 is 13.7. The van der Waals surface area contributed by atoms with Crippen molar-refractivity contribution in [3.63, 3.8) is 0 Å². The van der Waals surface area contributed by atoms with Gasteiger partial charge in [0.05, 0.1) is 20.6 Å². The Hall–Kier alpha value is -2.66. The molecule has 0 radical (unpaired) electrons. The van der Waals surface area contributed by atoms with Crippen LogP contribution in [0.5, 0.6) is 0 Å². The molecule has 0 atom stereocenters. The lowest BCUT2D eigenvalue weighted by atomic mass is 10.0. The van der Waals surface area contributed by atoms with E-state index in [9.17, 15) is 4.79 Å². The van der Waals surface area contributed by atoms with Crippen LogP contribution in [0.4, 0.5) is 0 Å². The number of amides is 1. The van der Waals surface area contributed by atoms with E-state index in [2.05, 4.69) is 10.3 Å². The molecule has 1 amide bonds. The molecule has 0 saturated carbocycles. The van der Waals surface area contributed by atoms with Crippen LogP contribution in [0.25, 0.3) is 21.7 Å². The first kappa shape index (κ1) is 19.6. The first-order valence-corrected chi connectivity index (χ1v) is 10.6. The van der Waals surface area contributed by atoms with Crippen LogP contribution in [0, 0.1) is 0 Å². The number of nitrogens with zero attached hydrogens (tertiary/aromatic N) is 1. The van der Waals surface area contributed by atoms with Gasteiger partial charge in [0.2, 0.25) is 0 Å². The molecule has 3 nitrogen and oxygen atoms in total. The minimum Gasteiger partial charge on any atom is -0.348 e. The SMILES string of the molecule is O=C(NCc1ccnc(-c2cccs2)c1)c1ccc(-c2ccc(Cl)c(Cl)c2)cc1. The highest BCUT2D eigenvalue weighted by atomic mass is 35.5. The fraction of sp³-hybridized carbons (Fsp3) is 0.0435. The summed E-state index contributed by atoms with van der Waals surface area (Å²) in [7, 11) is 0. The van der Waals surface area contributed by atoms with Crippen molar-refractivity contribution in [3.05, 3.63) is 99.5 Å². The maximum Gasteiger partial charge on any atom is 0.251 e. The van der Waals surface area contributed by atoms with Crippen LogP contribution in [-0.4, -0.2) is 10.9 Å². The first-order valence-electron chi connectivity index (χ1n) is 8.92. The Balaban J connectivity index is 1.42. The van der Waals surface area contributed by atoms with E-state index < -0.39 is 0 Å². The summed E-state index contributed by atoms with van der Waals surface area (Å²) in [6, 6.07) is 20.8. The van der Waals surface area contributed by atoms with Gasteiger partial charge in [0.15, 0.2) is 0 Å². The molecule has 1 N–H and O–H groups in total. The molecule has 0 aliphatic heterocycles. The molecule has 0 unspecified atom stereocenters. The monoisotopic (exact) mass is 438 g/mol. The molecule has 2 aromatic carbocycles. The largest absolute Gasteiger partial charge is 0.348 e. The molecule has 4 rings (SSSR count). The Kier molecular flexibility index (Phi) is 5.95. The summed E-state index contributed by atoms with van der Waals surface area (Å²) in [5.74, 6) is -0.125. The zero-order chi connectivity index (χ0) is 20.2. The number of carbonyl (C=O) groups excluding carboxylic acids is 1. The van der Waals surface area contributed by atoms with Gasteiger partial charge in [0.1, 0.15) is 0 Å². The van der Waals surface area contributed by atoms with E-state index in [1.165, 1.54) is 0 Å². The third-order valence-electron chi connectivity index (χ3n) is 4.45. The zero-order valence-electron chi connectivity index (χ0n) is 15.2. The molecule has 6 heteroatoms. The lowest BCUT2D eigenvalue weighted by Crippen LogP contribution is -2.22. The lowest BCUT2D eigenvalue weighted by Gasteiger charge is -2.08. The molecule has 0 aliphatic rings. The van der Waals surface area contributed by atoms with Crippen molar-refractivity contribution in [2.24, 2.45) is 0 Å². The molecule has 0 bridgehead atoms. The molecular formula is C23H16Cl2N2OS. The van der Waals surface area contributed by atoms with Crippen molar-refractivity contribution in [3.8, 4) is 21.7 Å². The highest BCUT2D eigenvalue weighted by Gasteiger charge is 2.08. The van der Waals surface area contributed by atoms with Crippen molar-refractivity contribution in [2.45, 2.75) is 6.54 Å². The molecule has 0 fully saturated rings. The van der Waals surface area contributed by atoms with Gasteiger partial charge in [-0.2, -0.15) is 0 Å². The van der Waals surface area contributed by atoms with Crippen molar-refractivity contribution in [1.29, 1.82) is 0 Å². The second-order valence-electron chi connectivity index (χ2n) is 6.42. The van der Waals surface area contributed by atoms with E-state index in [4.69, 9.17) is 23.2 Å². The van der Waals surface area contributed by atoms with Crippen LogP contribution < -0.4 is 5.32 Å². The fourth-order valence-electron chi connectivity index (χ4n) is 2.92. The van der Waals surface area contributed by atoms with Crippen molar-refractivity contribution < 1.29 is 4.79 Å². The van der Waals surface area contributed by atoms with Crippen LogP contribution >= 0.6 is 34.5 Å². The molecule has 4 aromatic rings. The maximum atomic E-state index is 12.5. The van der Waals surface area contributed by atoms with E-state index in [-0.39, 0.29) is 5.91 Å². The van der Waals surface area contributed by atoms with E-state index in [1.54, 1.807) is 35.7 Å². The molecular weight excluding hydrogens is 423 g/mol. The molecule has 0 aliphatic carbocycles. The Labute approximate surface area is 183 Å². The van der Waals surface area contributed by atoms with E-state index >= 15 is 0 Å². The number of rotatable bonds is 5. The number of hydrogen-bond donors (Lipinski definition) is 1. The lowest BCUT2D eigenvalue weighted by molar-refractivity contribution is 0.0951. The maximum absolute atomic E-state index is 12.5. The van der Waals surface area contributed by atoms with Crippen molar-refractivity contribution in [2.75, 3.05) is 0 Å². The quantitative estimate of drug-likeness (QED) is 0.375. The van der Waals surface area contributed by atoms with Crippen LogP contribution in [0.2, 0.25) is 10.0 Å². The summed E-state index contributed by atoms with van der Waals surface area (Å²) in [6.07, 6.45) is 1.77. The van der Waals surface area contributed by atoms with Crippen LogP contribution in [-0.2, 0) is 6.54 Å². The topological polar surface area (TPSA) is 42.0 Å². The van der Waals surface area contributed by atoms with Gasteiger partial charge in [-0.3, -0.25) is 9.78 Å². The van der Waals surface area contributed by atoms with Gasteiger partial charge in [-0.05, 0) is 64.5 Å². The normalized spacial score (nSPS) is 10.7. The first-order chi connectivity index (χ1) is 14.1.